The number of aromatic nitrogens is 4. The summed E-state index contributed by atoms with van der Waals surface area (Å²) in [5.74, 6) is 0.348. The molecule has 6 rings (SSSR count). The lowest BCUT2D eigenvalue weighted by Crippen LogP contribution is -2.29. The zero-order valence-electron chi connectivity index (χ0n) is 16.8. The number of rotatable bonds is 0. The predicted octanol–water partition coefficient (Wildman–Crippen LogP) is 3.18. The van der Waals surface area contributed by atoms with Gasteiger partial charge in [-0.25, -0.2) is 9.78 Å². The first-order chi connectivity index (χ1) is 14.6. The molecule has 1 N–H and O–H groups in total. The Bertz CT molecular complexity index is 1360. The third kappa shape index (κ3) is 3.34. The number of nitrogens with zero attached hydrogens (tertiary/aromatic N) is 3. The van der Waals surface area contributed by atoms with E-state index in [0.717, 1.165) is 42.3 Å². The summed E-state index contributed by atoms with van der Waals surface area (Å²) in [7, 11) is 0. The van der Waals surface area contributed by atoms with Crippen LogP contribution in [0.5, 0.6) is 0 Å². The van der Waals surface area contributed by atoms with E-state index in [2.05, 4.69) is 64.4 Å². The van der Waals surface area contributed by atoms with E-state index >= 15 is 0 Å². The molecule has 0 aliphatic carbocycles. The van der Waals surface area contributed by atoms with Crippen molar-refractivity contribution >= 4 is 11.0 Å². The van der Waals surface area contributed by atoms with Crippen LogP contribution in [0.1, 0.15) is 28.7 Å². The Hall–Kier alpha value is -3.54. The van der Waals surface area contributed by atoms with Crippen LogP contribution in [0.15, 0.2) is 58.1 Å². The van der Waals surface area contributed by atoms with Crippen molar-refractivity contribution in [3.05, 3.63) is 91.6 Å². The fraction of sp³-hybridized carbons (Fsp3) is 0.250. The highest BCUT2D eigenvalue weighted by molar-refractivity contribution is 5.81. The van der Waals surface area contributed by atoms with Gasteiger partial charge in [-0.15, -0.1) is 0 Å². The molecule has 0 unspecified atom stereocenters. The molecule has 4 aliphatic rings. The average molecular weight is 398 g/mol. The smallest absolute Gasteiger partial charge is 0.322 e. The largest absolute Gasteiger partial charge is 0.349 e. The molecule has 0 saturated heterocycles. The van der Waals surface area contributed by atoms with E-state index in [-0.39, 0.29) is 5.69 Å². The lowest BCUT2D eigenvalue weighted by atomic mass is 10.0. The molecule has 0 spiro atoms. The summed E-state index contributed by atoms with van der Waals surface area (Å²) in [6.07, 6.45) is 7.89. The first-order valence-electron chi connectivity index (χ1n) is 10.3. The van der Waals surface area contributed by atoms with E-state index in [1.54, 1.807) is 0 Å². The highest BCUT2D eigenvalue weighted by atomic mass is 16.2. The van der Waals surface area contributed by atoms with Crippen molar-refractivity contribution in [2.24, 2.45) is 0 Å². The maximum atomic E-state index is 12.4. The van der Waals surface area contributed by atoms with Gasteiger partial charge in [0, 0.05) is 6.54 Å². The van der Waals surface area contributed by atoms with E-state index in [1.807, 2.05) is 10.6 Å². The van der Waals surface area contributed by atoms with Crippen molar-refractivity contribution in [1.29, 1.82) is 0 Å². The summed E-state index contributed by atoms with van der Waals surface area (Å²) >= 11 is 0. The molecule has 6 heteroatoms. The second-order valence-electron chi connectivity index (χ2n) is 7.87. The molecule has 6 nitrogen and oxygen atoms in total. The molecular weight excluding hydrogens is 376 g/mol. The van der Waals surface area contributed by atoms with Crippen molar-refractivity contribution < 1.29 is 0 Å². The minimum atomic E-state index is -0.640. The number of benzene rings is 2. The van der Waals surface area contributed by atoms with Crippen LogP contribution in [0.4, 0.5) is 0 Å². The topological polar surface area (TPSA) is 80.6 Å². The van der Waals surface area contributed by atoms with E-state index in [1.165, 1.54) is 16.7 Å². The molecule has 30 heavy (non-hydrogen) atoms. The monoisotopic (exact) mass is 398 g/mol. The fourth-order valence-corrected chi connectivity index (χ4v) is 4.15. The molecule has 0 atom stereocenters. The number of aryl methyl sites for hydroxylation is 3. The quantitative estimate of drug-likeness (QED) is 0.364. The Morgan fingerprint density at radius 1 is 0.967 bits per heavy atom. The number of hydrogen-bond donors (Lipinski definition) is 1. The van der Waals surface area contributed by atoms with Gasteiger partial charge in [0.1, 0.15) is 0 Å². The first kappa shape index (κ1) is 18.5. The van der Waals surface area contributed by atoms with Gasteiger partial charge in [-0.2, -0.15) is 4.98 Å². The summed E-state index contributed by atoms with van der Waals surface area (Å²) in [5, 5.41) is 0. The minimum absolute atomic E-state index is 0.205. The zero-order valence-corrected chi connectivity index (χ0v) is 16.8. The van der Waals surface area contributed by atoms with Crippen LogP contribution in [0.25, 0.3) is 22.6 Å². The number of nitrogens with one attached hydrogen (secondary N) is 1. The van der Waals surface area contributed by atoms with Crippen LogP contribution >= 0.6 is 0 Å². The number of H-pyrrole nitrogens is 1. The molecule has 4 bridgehead atoms. The van der Waals surface area contributed by atoms with Crippen LogP contribution < -0.4 is 11.2 Å². The van der Waals surface area contributed by atoms with Crippen LogP contribution in [-0.4, -0.2) is 19.5 Å². The molecule has 0 aromatic heterocycles. The molecule has 0 fully saturated rings. The van der Waals surface area contributed by atoms with Crippen molar-refractivity contribution in [1.82, 2.24) is 19.5 Å². The number of hydrogen-bond acceptors (Lipinski definition) is 4. The standard InChI is InChI=1S/C24H22N4O2/c1-15-13-19-20-14-18(15)7-3-2-5-16-8-10-17(11-9-16)6-4-12-28(20)22-21(25-19)23(29)27-24(30)26-22/h2-3,8-11,13-14H,4-7,12H2,1H3,(H,27,29,30)/b3-2-. The lowest BCUT2D eigenvalue weighted by molar-refractivity contribution is 0.648. The van der Waals surface area contributed by atoms with Gasteiger partial charge >= 0.3 is 5.69 Å². The summed E-state index contributed by atoms with van der Waals surface area (Å²) in [6.45, 7) is 2.71. The SMILES string of the molecule is Cc1cc2nc3c(=O)[nH]c(=O)nc-3n3c2cc1C/C=C\Cc1ccc(cc1)CCC3. The van der Waals surface area contributed by atoms with Gasteiger partial charge in [0.25, 0.3) is 5.56 Å². The molecule has 0 amide bonds. The van der Waals surface area contributed by atoms with E-state index in [9.17, 15) is 9.59 Å². The summed E-state index contributed by atoms with van der Waals surface area (Å²) < 4.78 is 1.98. The Labute approximate surface area is 173 Å². The van der Waals surface area contributed by atoms with Crippen LogP contribution in [0.3, 0.4) is 0 Å². The third-order valence-electron chi connectivity index (χ3n) is 5.79. The Kier molecular flexibility index (Phi) is 4.54. The lowest BCUT2D eigenvalue weighted by Gasteiger charge is -2.18. The fourth-order valence-electron chi connectivity index (χ4n) is 4.15. The van der Waals surface area contributed by atoms with E-state index in [0.29, 0.717) is 12.4 Å². The van der Waals surface area contributed by atoms with Crippen LogP contribution in [0.2, 0.25) is 0 Å². The molecule has 0 radical (unpaired) electrons. The highest BCUT2D eigenvalue weighted by Gasteiger charge is 2.19. The first-order valence-corrected chi connectivity index (χ1v) is 10.3. The van der Waals surface area contributed by atoms with E-state index < -0.39 is 11.2 Å². The molecular formula is C24H22N4O2. The third-order valence-corrected chi connectivity index (χ3v) is 5.79. The zero-order chi connectivity index (χ0) is 20.7. The van der Waals surface area contributed by atoms with Gasteiger partial charge in [-0.3, -0.25) is 9.78 Å². The molecule has 150 valence electrons. The highest BCUT2D eigenvalue weighted by Crippen LogP contribution is 2.25. The Morgan fingerprint density at radius 3 is 2.57 bits per heavy atom. The van der Waals surface area contributed by atoms with Gasteiger partial charge in [0.05, 0.1) is 11.0 Å². The minimum Gasteiger partial charge on any atom is -0.322 e. The van der Waals surface area contributed by atoms with Gasteiger partial charge in [0.2, 0.25) is 0 Å². The molecule has 2 aromatic carbocycles. The van der Waals surface area contributed by atoms with Crippen molar-refractivity contribution in [2.45, 2.75) is 39.2 Å². The summed E-state index contributed by atoms with van der Waals surface area (Å²) in [6, 6.07) is 12.9. The van der Waals surface area contributed by atoms with Crippen molar-refractivity contribution in [2.75, 3.05) is 0 Å². The predicted molar refractivity (Wildman–Crippen MR) is 117 cm³/mol. The molecule has 2 aromatic rings. The van der Waals surface area contributed by atoms with Gasteiger partial charge < -0.3 is 4.57 Å². The van der Waals surface area contributed by atoms with Crippen LogP contribution in [-0.2, 0) is 25.8 Å². The van der Waals surface area contributed by atoms with Crippen molar-refractivity contribution in [3.63, 3.8) is 0 Å². The number of aromatic amines is 1. The second kappa shape index (κ2) is 7.37. The maximum absolute atomic E-state index is 12.4. The van der Waals surface area contributed by atoms with Crippen LogP contribution in [0, 0.1) is 6.92 Å². The Morgan fingerprint density at radius 2 is 1.73 bits per heavy atom. The van der Waals surface area contributed by atoms with Crippen molar-refractivity contribution in [3.8, 4) is 11.5 Å². The van der Waals surface area contributed by atoms with Gasteiger partial charge in [-0.05, 0) is 67.0 Å². The molecule has 0 saturated carbocycles. The van der Waals surface area contributed by atoms with Gasteiger partial charge in [-0.1, -0.05) is 36.4 Å². The number of allylic oxidation sites excluding steroid dienone is 2. The number of fused-ring (bicyclic) bond motifs is 7. The summed E-state index contributed by atoms with van der Waals surface area (Å²) in [4.78, 5) is 35.3. The van der Waals surface area contributed by atoms with Gasteiger partial charge in [0.15, 0.2) is 11.5 Å². The Balaban J connectivity index is 1.74. The average Bonchev–Trinajstić information content (AvgIpc) is 2.73. The second-order valence-corrected chi connectivity index (χ2v) is 7.87. The summed E-state index contributed by atoms with van der Waals surface area (Å²) in [5.41, 5.74) is 5.62. The molecule has 4 aliphatic heterocycles. The molecule has 4 heterocycles. The van der Waals surface area contributed by atoms with E-state index in [4.69, 9.17) is 0 Å². The maximum Gasteiger partial charge on any atom is 0.349 e. The normalized spacial score (nSPS) is 15.4.